The molecule has 3 aliphatic rings. The smallest absolute Gasteiger partial charge is 1.00 e. The summed E-state index contributed by atoms with van der Waals surface area (Å²) in [4.78, 5) is 1.56. The van der Waals surface area contributed by atoms with Gasteiger partial charge in [-0.3, -0.25) is 0 Å². The molecule has 0 bridgehead atoms. The van der Waals surface area contributed by atoms with Crippen molar-refractivity contribution >= 4 is 25.6 Å². The van der Waals surface area contributed by atoms with E-state index in [9.17, 15) is 0 Å². The summed E-state index contributed by atoms with van der Waals surface area (Å²) in [5.41, 5.74) is 9.77. The molecule has 1 radical (unpaired) electrons. The van der Waals surface area contributed by atoms with E-state index < -0.39 is 8.41 Å². The monoisotopic (exact) mass is 509 g/mol. The Kier molecular flexibility index (Phi) is 8.22. The second kappa shape index (κ2) is 9.84. The van der Waals surface area contributed by atoms with Crippen LogP contribution in [0.25, 0.3) is 28.3 Å². The third-order valence-electron chi connectivity index (χ3n) is 5.53. The molecule has 0 heterocycles. The molecule has 2 aromatic rings. The van der Waals surface area contributed by atoms with Crippen LogP contribution in [0, 0.1) is 4.81 Å². The minimum atomic E-state index is -0.596. The van der Waals surface area contributed by atoms with Crippen LogP contribution in [-0.2, 0) is 26.2 Å². The maximum absolute atomic E-state index is 3.75. The zero-order valence-electron chi connectivity index (χ0n) is 16.5. The van der Waals surface area contributed by atoms with Gasteiger partial charge < -0.3 is 24.8 Å². The van der Waals surface area contributed by atoms with Gasteiger partial charge >= 0.3 is 26.2 Å². The van der Waals surface area contributed by atoms with Crippen molar-refractivity contribution < 1.29 is 51.0 Å². The Morgan fingerprint density at radius 1 is 0.828 bits per heavy atom. The molecule has 0 saturated carbocycles. The van der Waals surface area contributed by atoms with Crippen LogP contribution in [0.15, 0.2) is 66.8 Å². The Morgan fingerprint density at radius 2 is 1.45 bits per heavy atom. The van der Waals surface area contributed by atoms with Crippen LogP contribution in [0.5, 0.6) is 0 Å². The van der Waals surface area contributed by atoms with E-state index in [1.165, 1.54) is 44.2 Å². The summed E-state index contributed by atoms with van der Waals surface area (Å²) >= 11 is 0. The minimum absolute atomic E-state index is 0. The number of rotatable bonds is 2. The molecule has 0 aromatic heterocycles. The second-order valence-electron chi connectivity index (χ2n) is 7.42. The number of halogens is 2. The summed E-state index contributed by atoms with van der Waals surface area (Å²) in [5.74, 6) is 0. The van der Waals surface area contributed by atoms with Crippen LogP contribution in [0.2, 0.25) is 13.1 Å². The van der Waals surface area contributed by atoms with Crippen molar-refractivity contribution in [1.82, 2.24) is 0 Å². The van der Waals surface area contributed by atoms with Gasteiger partial charge in [0, 0.05) is 8.41 Å². The maximum atomic E-state index is 3.75. The van der Waals surface area contributed by atoms with E-state index in [0.29, 0.717) is 0 Å². The first-order valence-corrected chi connectivity index (χ1v) is 11.8. The number of benzene rings is 2. The van der Waals surface area contributed by atoms with Crippen LogP contribution in [0.3, 0.4) is 0 Å². The molecule has 0 nitrogen and oxygen atoms in total. The summed E-state index contributed by atoms with van der Waals surface area (Å²) in [6.07, 6.45) is 19.4. The van der Waals surface area contributed by atoms with Crippen LogP contribution in [0.4, 0.5) is 0 Å². The van der Waals surface area contributed by atoms with Gasteiger partial charge in [-0.2, -0.15) is 0 Å². The van der Waals surface area contributed by atoms with Gasteiger partial charge in [-0.1, -0.05) is 89.8 Å². The number of hydrogen-bond donors (Lipinski definition) is 0. The summed E-state index contributed by atoms with van der Waals surface area (Å²) < 4.78 is 0. The largest absolute Gasteiger partial charge is 3.00 e. The third kappa shape index (κ3) is 4.10. The van der Waals surface area contributed by atoms with Crippen molar-refractivity contribution in [3.63, 3.8) is 0 Å². The quantitative estimate of drug-likeness (QED) is 0.326. The predicted molar refractivity (Wildman–Crippen MR) is 114 cm³/mol. The van der Waals surface area contributed by atoms with Crippen molar-refractivity contribution in [2.75, 3.05) is 0 Å². The van der Waals surface area contributed by atoms with Gasteiger partial charge in [0.1, 0.15) is 0 Å². The molecule has 0 aliphatic heterocycles. The normalized spacial score (nSPS) is 14.6. The van der Waals surface area contributed by atoms with E-state index in [-0.39, 0.29) is 51.0 Å². The standard InChI is InChI=1S/C25H21Si.2ClH.Zr/c1-26(2)23-16-21-20-14-8-7-13-19(20)15-22(21)24(17-9-3-4-10-17)25(23)18-11-5-6-12-18;;;/h3-9,11,13-14,16H,10,12H2,1-2H3;2*1H;/q-1;;;+3/p-2. The molecule has 0 atom stereocenters. The molecule has 2 aromatic carbocycles. The summed E-state index contributed by atoms with van der Waals surface area (Å²) in [5, 5.41) is 1.30. The Hall–Kier alpha value is -1.05. The summed E-state index contributed by atoms with van der Waals surface area (Å²) in [6.45, 7) is 4.83. The summed E-state index contributed by atoms with van der Waals surface area (Å²) in [7, 11) is -0.596. The van der Waals surface area contributed by atoms with Crippen molar-refractivity contribution in [2.45, 2.75) is 25.9 Å². The minimum Gasteiger partial charge on any atom is -1.00 e. The van der Waals surface area contributed by atoms with E-state index in [0.717, 1.165) is 12.8 Å². The first-order chi connectivity index (χ1) is 12.7. The molecule has 4 heteroatoms. The van der Waals surface area contributed by atoms with E-state index in [2.05, 4.69) is 86.0 Å². The SMILES string of the molecule is C[Si](C)=c1cc2c(c(C3=CC=CC3)c1C1=CC=CC1)=[C-]c1ccccc1-2.[Cl-].[Cl-].[Zr+3]. The predicted octanol–water partition coefficient (Wildman–Crippen LogP) is -0.348. The van der Waals surface area contributed by atoms with Gasteiger partial charge in [0.15, 0.2) is 0 Å². The zero-order chi connectivity index (χ0) is 17.7. The van der Waals surface area contributed by atoms with Crippen LogP contribution in [-0.4, -0.2) is 8.41 Å². The fourth-order valence-electron chi connectivity index (χ4n) is 4.30. The fourth-order valence-corrected chi connectivity index (χ4v) is 5.52. The van der Waals surface area contributed by atoms with Gasteiger partial charge in [-0.25, -0.2) is 0 Å². The topological polar surface area (TPSA) is 0 Å². The first-order valence-electron chi connectivity index (χ1n) is 9.34. The third-order valence-corrected chi connectivity index (χ3v) is 7.00. The Morgan fingerprint density at radius 3 is 2.03 bits per heavy atom. The van der Waals surface area contributed by atoms with Gasteiger partial charge in [-0.05, 0) is 24.0 Å². The van der Waals surface area contributed by atoms with Gasteiger partial charge in [-0.15, -0.1) is 34.1 Å². The van der Waals surface area contributed by atoms with Gasteiger partial charge in [0.2, 0.25) is 0 Å². The average molecular weight is 512 g/mol. The van der Waals surface area contributed by atoms with Gasteiger partial charge in [0.05, 0.1) is 0 Å². The molecule has 143 valence electrons. The fraction of sp³-hybridized carbons (Fsp3) is 0.160. The molecule has 3 aliphatic carbocycles. The van der Waals surface area contributed by atoms with Gasteiger partial charge in [0.25, 0.3) is 0 Å². The van der Waals surface area contributed by atoms with Crippen LogP contribution in [0.1, 0.15) is 29.5 Å². The molecular formula is C25H21Cl2SiZr. The van der Waals surface area contributed by atoms with Crippen molar-refractivity contribution in [3.8, 4) is 11.1 Å². The molecule has 0 unspecified atom stereocenters. The maximum Gasteiger partial charge on any atom is 3.00 e. The number of allylic oxidation sites excluding steroid dienone is 8. The number of fused-ring (bicyclic) bond motifs is 3. The first kappa shape index (κ1) is 24.2. The zero-order valence-corrected chi connectivity index (χ0v) is 21.5. The average Bonchev–Trinajstić information content (AvgIpc) is 3.39. The van der Waals surface area contributed by atoms with E-state index >= 15 is 0 Å². The van der Waals surface area contributed by atoms with Crippen molar-refractivity contribution in [3.05, 3.63) is 93.5 Å². The molecule has 0 fully saturated rings. The molecule has 0 spiro atoms. The molecule has 0 N–H and O–H groups in total. The van der Waals surface area contributed by atoms with E-state index in [1.807, 2.05) is 0 Å². The molecule has 0 amide bonds. The Bertz CT molecular complexity index is 1200. The number of hydrogen-bond acceptors (Lipinski definition) is 0. The van der Waals surface area contributed by atoms with Crippen LogP contribution < -0.4 is 30.0 Å². The molecular weight excluding hydrogens is 490 g/mol. The second-order valence-corrected chi connectivity index (χ2v) is 9.95. The van der Waals surface area contributed by atoms with E-state index in [4.69, 9.17) is 0 Å². The Labute approximate surface area is 206 Å². The van der Waals surface area contributed by atoms with Crippen LogP contribution >= 0.6 is 0 Å². The Balaban J connectivity index is 0.000001000. The van der Waals surface area contributed by atoms with Crippen molar-refractivity contribution in [2.24, 2.45) is 0 Å². The summed E-state index contributed by atoms with van der Waals surface area (Å²) in [6, 6.07) is 11.2. The molecule has 5 rings (SSSR count). The van der Waals surface area contributed by atoms with E-state index in [1.54, 1.807) is 4.81 Å². The van der Waals surface area contributed by atoms with Crippen molar-refractivity contribution in [1.29, 1.82) is 0 Å². The molecule has 0 saturated heterocycles. The molecule has 29 heavy (non-hydrogen) atoms.